The fourth-order valence-electron chi connectivity index (χ4n) is 3.26. The standard InChI is InChI=1S/C24H21FN4O2S/c1-2-20(22(30)27-19-13-7-6-12-18(19)25)32-24-28-21-17(11-8-14-26-21)23(31)29(24)15-16-9-4-3-5-10-16/h3-14,20H,2,15H2,1H3,(H,27,30)/t20-/m1/s1. The van der Waals surface area contributed by atoms with Crippen LogP contribution in [0.4, 0.5) is 10.1 Å². The zero-order valence-corrected chi connectivity index (χ0v) is 18.2. The monoisotopic (exact) mass is 448 g/mol. The number of fused-ring (bicyclic) bond motifs is 1. The van der Waals surface area contributed by atoms with Crippen molar-refractivity contribution < 1.29 is 9.18 Å². The van der Waals surface area contributed by atoms with Crippen molar-refractivity contribution >= 4 is 34.4 Å². The molecule has 4 aromatic rings. The Labute approximate surface area is 188 Å². The van der Waals surface area contributed by atoms with Gasteiger partial charge in [0.05, 0.1) is 22.9 Å². The van der Waals surface area contributed by atoms with Crippen LogP contribution in [-0.2, 0) is 11.3 Å². The zero-order chi connectivity index (χ0) is 22.5. The Morgan fingerprint density at radius 1 is 1.09 bits per heavy atom. The van der Waals surface area contributed by atoms with Gasteiger partial charge in [-0.15, -0.1) is 0 Å². The molecule has 2 aromatic heterocycles. The number of hydrogen-bond acceptors (Lipinski definition) is 5. The second kappa shape index (κ2) is 9.74. The molecule has 0 unspecified atom stereocenters. The second-order valence-corrected chi connectivity index (χ2v) is 8.30. The number of carbonyl (C=O) groups excluding carboxylic acids is 1. The lowest BCUT2D eigenvalue weighted by Gasteiger charge is -2.18. The number of thioether (sulfide) groups is 1. The van der Waals surface area contributed by atoms with Crippen LogP contribution in [0.15, 0.2) is 82.9 Å². The van der Waals surface area contributed by atoms with Crippen molar-refractivity contribution in [2.45, 2.75) is 30.3 Å². The van der Waals surface area contributed by atoms with Gasteiger partial charge in [-0.1, -0.05) is 61.2 Å². The molecular weight excluding hydrogens is 427 g/mol. The van der Waals surface area contributed by atoms with Crippen molar-refractivity contribution in [2.75, 3.05) is 5.32 Å². The molecule has 0 aliphatic rings. The number of carbonyl (C=O) groups is 1. The maximum atomic E-state index is 14.0. The van der Waals surface area contributed by atoms with E-state index in [-0.39, 0.29) is 17.2 Å². The molecule has 8 heteroatoms. The molecule has 0 bridgehead atoms. The van der Waals surface area contributed by atoms with E-state index in [4.69, 9.17) is 0 Å². The summed E-state index contributed by atoms with van der Waals surface area (Å²) in [4.78, 5) is 34.9. The number of halogens is 1. The van der Waals surface area contributed by atoms with Gasteiger partial charge in [0.2, 0.25) is 5.91 Å². The van der Waals surface area contributed by atoms with Gasteiger partial charge in [0.1, 0.15) is 5.82 Å². The van der Waals surface area contributed by atoms with Gasteiger partial charge in [0, 0.05) is 6.20 Å². The number of para-hydroxylation sites is 1. The Morgan fingerprint density at radius 2 is 1.84 bits per heavy atom. The molecule has 2 aromatic carbocycles. The third kappa shape index (κ3) is 4.70. The average Bonchev–Trinajstić information content (AvgIpc) is 2.82. The minimum atomic E-state index is -0.579. The third-order valence-electron chi connectivity index (χ3n) is 4.92. The van der Waals surface area contributed by atoms with Crippen molar-refractivity contribution in [1.29, 1.82) is 0 Å². The van der Waals surface area contributed by atoms with Crippen LogP contribution in [0.25, 0.3) is 11.0 Å². The molecule has 162 valence electrons. The molecule has 6 nitrogen and oxygen atoms in total. The van der Waals surface area contributed by atoms with Crippen LogP contribution in [0.1, 0.15) is 18.9 Å². The van der Waals surface area contributed by atoms with Crippen molar-refractivity contribution in [3.05, 3.63) is 94.7 Å². The van der Waals surface area contributed by atoms with Gasteiger partial charge in [-0.3, -0.25) is 14.2 Å². The highest BCUT2D eigenvalue weighted by Crippen LogP contribution is 2.26. The summed E-state index contributed by atoms with van der Waals surface area (Å²) in [6.45, 7) is 2.17. The van der Waals surface area contributed by atoms with Gasteiger partial charge in [-0.2, -0.15) is 0 Å². The summed E-state index contributed by atoms with van der Waals surface area (Å²) < 4.78 is 15.5. The quantitative estimate of drug-likeness (QED) is 0.333. The van der Waals surface area contributed by atoms with E-state index >= 15 is 0 Å². The summed E-state index contributed by atoms with van der Waals surface area (Å²) in [7, 11) is 0. The van der Waals surface area contributed by atoms with Gasteiger partial charge < -0.3 is 5.32 Å². The van der Waals surface area contributed by atoms with Gasteiger partial charge in [0.25, 0.3) is 5.56 Å². The van der Waals surface area contributed by atoms with Gasteiger partial charge in [0.15, 0.2) is 10.8 Å². The highest BCUT2D eigenvalue weighted by molar-refractivity contribution is 8.00. The minimum absolute atomic E-state index is 0.117. The first-order valence-corrected chi connectivity index (χ1v) is 11.1. The number of anilines is 1. The molecule has 32 heavy (non-hydrogen) atoms. The number of nitrogens with zero attached hydrogens (tertiary/aromatic N) is 3. The second-order valence-electron chi connectivity index (χ2n) is 7.13. The number of nitrogens with one attached hydrogen (secondary N) is 1. The molecule has 0 saturated carbocycles. The van der Waals surface area contributed by atoms with E-state index in [1.165, 1.54) is 23.9 Å². The molecule has 1 atom stereocenters. The molecule has 0 radical (unpaired) electrons. The summed E-state index contributed by atoms with van der Waals surface area (Å²) in [6, 6.07) is 19.0. The summed E-state index contributed by atoms with van der Waals surface area (Å²) in [5.74, 6) is -0.862. The largest absolute Gasteiger partial charge is 0.323 e. The van der Waals surface area contributed by atoms with E-state index < -0.39 is 11.1 Å². The lowest BCUT2D eigenvalue weighted by molar-refractivity contribution is -0.115. The van der Waals surface area contributed by atoms with E-state index in [1.807, 2.05) is 37.3 Å². The van der Waals surface area contributed by atoms with Crippen LogP contribution in [-0.4, -0.2) is 25.7 Å². The highest BCUT2D eigenvalue weighted by atomic mass is 32.2. The average molecular weight is 449 g/mol. The zero-order valence-electron chi connectivity index (χ0n) is 17.4. The summed E-state index contributed by atoms with van der Waals surface area (Å²) in [6.07, 6.45) is 2.04. The molecule has 0 aliphatic heterocycles. The highest BCUT2D eigenvalue weighted by Gasteiger charge is 2.23. The van der Waals surface area contributed by atoms with Crippen molar-refractivity contribution in [2.24, 2.45) is 0 Å². The number of amides is 1. The maximum absolute atomic E-state index is 14.0. The number of benzene rings is 2. The van der Waals surface area contributed by atoms with Crippen molar-refractivity contribution in [3.8, 4) is 0 Å². The molecule has 0 spiro atoms. The molecule has 1 N–H and O–H groups in total. The van der Waals surface area contributed by atoms with E-state index in [0.29, 0.717) is 29.2 Å². The van der Waals surface area contributed by atoms with Crippen LogP contribution >= 0.6 is 11.8 Å². The lowest BCUT2D eigenvalue weighted by Crippen LogP contribution is -2.29. The molecule has 0 saturated heterocycles. The summed E-state index contributed by atoms with van der Waals surface area (Å²) >= 11 is 1.17. The Bertz CT molecular complexity index is 1310. The molecule has 0 fully saturated rings. The molecule has 0 aliphatic carbocycles. The number of rotatable bonds is 7. The molecular formula is C24H21FN4O2S. The Kier molecular flexibility index (Phi) is 6.61. The molecule has 2 heterocycles. The van der Waals surface area contributed by atoms with Gasteiger partial charge in [-0.05, 0) is 36.2 Å². The first kappa shape index (κ1) is 21.7. The predicted molar refractivity (Wildman–Crippen MR) is 124 cm³/mol. The van der Waals surface area contributed by atoms with Crippen LogP contribution in [0.3, 0.4) is 0 Å². The first-order valence-electron chi connectivity index (χ1n) is 10.2. The van der Waals surface area contributed by atoms with E-state index in [1.54, 1.807) is 35.0 Å². The van der Waals surface area contributed by atoms with Crippen LogP contribution in [0, 0.1) is 5.82 Å². The normalized spacial score (nSPS) is 11.9. The Balaban J connectivity index is 1.70. The van der Waals surface area contributed by atoms with Crippen molar-refractivity contribution in [3.63, 3.8) is 0 Å². The maximum Gasteiger partial charge on any atom is 0.263 e. The summed E-state index contributed by atoms with van der Waals surface area (Å²) in [5, 5.41) is 2.86. The smallest absolute Gasteiger partial charge is 0.263 e. The number of pyridine rings is 1. The molecule has 1 amide bonds. The topological polar surface area (TPSA) is 76.9 Å². The van der Waals surface area contributed by atoms with Gasteiger partial charge in [-0.25, -0.2) is 14.4 Å². The Hall–Kier alpha value is -3.52. The van der Waals surface area contributed by atoms with Crippen LogP contribution < -0.4 is 10.9 Å². The lowest BCUT2D eigenvalue weighted by atomic mass is 10.2. The SMILES string of the molecule is CC[C@@H](Sc1nc2ncccc2c(=O)n1Cc1ccccc1)C(=O)Nc1ccccc1F. The van der Waals surface area contributed by atoms with E-state index in [9.17, 15) is 14.0 Å². The fourth-order valence-corrected chi connectivity index (χ4v) is 4.26. The Morgan fingerprint density at radius 3 is 2.59 bits per heavy atom. The fraction of sp³-hybridized carbons (Fsp3) is 0.167. The summed E-state index contributed by atoms with van der Waals surface area (Å²) in [5.41, 5.74) is 1.16. The third-order valence-corrected chi connectivity index (χ3v) is 6.28. The first-order chi connectivity index (χ1) is 15.6. The van der Waals surface area contributed by atoms with Crippen LogP contribution in [0.2, 0.25) is 0 Å². The van der Waals surface area contributed by atoms with E-state index in [2.05, 4.69) is 15.3 Å². The molecule has 4 rings (SSSR count). The minimum Gasteiger partial charge on any atom is -0.323 e. The van der Waals surface area contributed by atoms with Gasteiger partial charge >= 0.3 is 0 Å². The van der Waals surface area contributed by atoms with E-state index in [0.717, 1.165) is 5.56 Å². The van der Waals surface area contributed by atoms with Crippen LogP contribution in [0.5, 0.6) is 0 Å². The van der Waals surface area contributed by atoms with Crippen molar-refractivity contribution in [1.82, 2.24) is 14.5 Å². The number of aromatic nitrogens is 3. The predicted octanol–water partition coefficient (Wildman–Crippen LogP) is 4.49. The number of hydrogen-bond donors (Lipinski definition) is 1.